The molecule has 0 aliphatic carbocycles. The first kappa shape index (κ1) is 16.9. The summed E-state index contributed by atoms with van der Waals surface area (Å²) in [6, 6.07) is 1.22. The van der Waals surface area contributed by atoms with Crippen LogP contribution in [0.25, 0.3) is 0 Å². The molecule has 124 valence electrons. The fourth-order valence-electron chi connectivity index (χ4n) is 2.38. The summed E-state index contributed by atoms with van der Waals surface area (Å²) in [6.07, 6.45) is -1.11. The Morgan fingerprint density at radius 2 is 2.23 bits per heavy atom. The van der Waals surface area contributed by atoms with Crippen LogP contribution in [-0.2, 0) is 14.2 Å². The van der Waals surface area contributed by atoms with Crippen molar-refractivity contribution in [3.05, 3.63) is 33.1 Å². The summed E-state index contributed by atoms with van der Waals surface area (Å²) in [7, 11) is 1.50. The second-order valence-electron chi connectivity index (χ2n) is 5.35. The molecule has 1 saturated heterocycles. The Balaban J connectivity index is 2.32. The predicted molar refractivity (Wildman–Crippen MR) is 77.7 cm³/mol. The largest absolute Gasteiger partial charge is 0.387 e. The van der Waals surface area contributed by atoms with Crippen molar-refractivity contribution in [2.24, 2.45) is 0 Å². The molecular weight excluding hydrogens is 292 g/mol. The first-order valence-electron chi connectivity index (χ1n) is 7.27. The Kier molecular flexibility index (Phi) is 5.52. The fraction of sp³-hybridized carbons (Fsp3) is 0.714. The highest BCUT2D eigenvalue weighted by atomic mass is 16.6. The number of nitrogens with one attached hydrogen (secondary N) is 1. The highest BCUT2D eigenvalue weighted by Crippen LogP contribution is 2.32. The number of ether oxygens (including phenoxy) is 3. The summed E-state index contributed by atoms with van der Waals surface area (Å²) in [4.78, 5) is 25.3. The fourth-order valence-corrected chi connectivity index (χ4v) is 2.38. The van der Waals surface area contributed by atoms with Gasteiger partial charge in [0, 0.05) is 19.4 Å². The zero-order chi connectivity index (χ0) is 16.3. The lowest BCUT2D eigenvalue weighted by atomic mass is 10.1. The summed E-state index contributed by atoms with van der Waals surface area (Å²) in [5.41, 5.74) is -1.10. The van der Waals surface area contributed by atoms with E-state index in [4.69, 9.17) is 14.2 Å². The summed E-state index contributed by atoms with van der Waals surface area (Å²) in [6.45, 7) is 4.01. The van der Waals surface area contributed by atoms with Crippen LogP contribution in [0.4, 0.5) is 0 Å². The lowest BCUT2D eigenvalue weighted by molar-refractivity contribution is -0.0986. The van der Waals surface area contributed by atoms with Crippen LogP contribution in [0.15, 0.2) is 21.9 Å². The summed E-state index contributed by atoms with van der Waals surface area (Å²) < 4.78 is 17.8. The third-order valence-electron chi connectivity index (χ3n) is 3.73. The van der Waals surface area contributed by atoms with E-state index in [0.29, 0.717) is 0 Å². The van der Waals surface area contributed by atoms with Crippen LogP contribution in [-0.4, -0.2) is 52.8 Å². The van der Waals surface area contributed by atoms with E-state index in [-0.39, 0.29) is 12.7 Å². The molecule has 0 amide bonds. The Bertz CT molecular complexity index is 597. The number of H-pyrrole nitrogens is 1. The molecule has 1 aliphatic rings. The maximum Gasteiger partial charge on any atom is 0.330 e. The summed E-state index contributed by atoms with van der Waals surface area (Å²) >= 11 is 0. The van der Waals surface area contributed by atoms with Crippen molar-refractivity contribution >= 4 is 0 Å². The predicted octanol–water partition coefficient (Wildman–Crippen LogP) is -0.375. The Hall–Kier alpha value is -1.48. The van der Waals surface area contributed by atoms with Gasteiger partial charge in [-0.15, -0.1) is 0 Å². The minimum absolute atomic E-state index is 0.106. The third-order valence-corrected chi connectivity index (χ3v) is 3.73. The molecule has 4 unspecified atom stereocenters. The van der Waals surface area contributed by atoms with Gasteiger partial charge in [0.15, 0.2) is 6.23 Å². The molecule has 0 radical (unpaired) electrons. The zero-order valence-electron chi connectivity index (χ0n) is 12.9. The Morgan fingerprint density at radius 1 is 1.50 bits per heavy atom. The maximum absolute atomic E-state index is 12.0. The van der Waals surface area contributed by atoms with Gasteiger partial charge in [-0.3, -0.25) is 14.3 Å². The molecule has 0 spiro atoms. The lowest BCUT2D eigenvalue weighted by Gasteiger charge is -2.25. The molecule has 8 heteroatoms. The number of rotatable bonds is 6. The highest BCUT2D eigenvalue weighted by molar-refractivity contribution is 4.94. The van der Waals surface area contributed by atoms with E-state index < -0.39 is 35.8 Å². The summed E-state index contributed by atoms with van der Waals surface area (Å²) in [5, 5.41) is 10.4. The smallest absolute Gasteiger partial charge is 0.330 e. The molecule has 2 heterocycles. The monoisotopic (exact) mass is 314 g/mol. The van der Waals surface area contributed by atoms with Crippen LogP contribution in [0.1, 0.15) is 26.5 Å². The van der Waals surface area contributed by atoms with Gasteiger partial charge in [0.05, 0.1) is 12.7 Å². The van der Waals surface area contributed by atoms with E-state index >= 15 is 0 Å². The van der Waals surface area contributed by atoms with Gasteiger partial charge in [-0.25, -0.2) is 4.79 Å². The van der Waals surface area contributed by atoms with Crippen LogP contribution in [0, 0.1) is 0 Å². The van der Waals surface area contributed by atoms with Crippen LogP contribution in [0.3, 0.4) is 0 Å². The van der Waals surface area contributed by atoms with E-state index in [1.165, 1.54) is 23.9 Å². The SMILES string of the molecule is CCC(C)OC1C(O)[C@@H](COC)OC1n1ccc(=O)[nH]c1=O. The molecule has 22 heavy (non-hydrogen) atoms. The molecular formula is C14H22N2O6. The minimum Gasteiger partial charge on any atom is -0.387 e. The van der Waals surface area contributed by atoms with Crippen LogP contribution in [0.2, 0.25) is 0 Å². The number of methoxy groups -OCH3 is 1. The first-order chi connectivity index (χ1) is 10.5. The van der Waals surface area contributed by atoms with Crippen molar-refractivity contribution in [2.75, 3.05) is 13.7 Å². The van der Waals surface area contributed by atoms with Crippen LogP contribution < -0.4 is 11.2 Å². The molecule has 1 aliphatic heterocycles. The van der Waals surface area contributed by atoms with Gasteiger partial charge in [-0.1, -0.05) is 6.92 Å². The zero-order valence-corrected chi connectivity index (χ0v) is 12.9. The van der Waals surface area contributed by atoms with Crippen molar-refractivity contribution in [1.29, 1.82) is 0 Å². The second kappa shape index (κ2) is 7.19. The molecule has 0 aromatic carbocycles. The van der Waals surface area contributed by atoms with E-state index in [1.807, 2.05) is 13.8 Å². The maximum atomic E-state index is 12.0. The molecule has 1 aromatic heterocycles. The van der Waals surface area contributed by atoms with Gasteiger partial charge in [0.2, 0.25) is 0 Å². The molecule has 1 aromatic rings. The number of aromatic amines is 1. The first-order valence-corrected chi connectivity index (χ1v) is 7.27. The van der Waals surface area contributed by atoms with Gasteiger partial charge >= 0.3 is 5.69 Å². The standard InChI is InChI=1S/C14H22N2O6/c1-4-8(2)21-12-11(18)9(7-20-3)22-13(12)16-6-5-10(17)15-14(16)19/h5-6,8-9,11-13,18H,4,7H2,1-3H3,(H,15,17,19)/t8?,9-,11?,12?,13?/m1/s1. The van der Waals surface area contributed by atoms with Crippen molar-refractivity contribution in [1.82, 2.24) is 9.55 Å². The molecule has 2 rings (SSSR count). The van der Waals surface area contributed by atoms with E-state index in [1.54, 1.807) is 0 Å². The Labute approximate surface area is 127 Å². The number of aliphatic hydroxyl groups is 1. The van der Waals surface area contributed by atoms with Gasteiger partial charge in [-0.2, -0.15) is 0 Å². The normalized spacial score (nSPS) is 29.6. The number of hydrogen-bond acceptors (Lipinski definition) is 6. The van der Waals surface area contributed by atoms with Crippen molar-refractivity contribution in [3.8, 4) is 0 Å². The quantitative estimate of drug-likeness (QED) is 0.742. The van der Waals surface area contributed by atoms with Crippen molar-refractivity contribution in [2.45, 2.75) is 50.9 Å². The topological polar surface area (TPSA) is 103 Å². The van der Waals surface area contributed by atoms with Gasteiger partial charge in [-0.05, 0) is 13.3 Å². The summed E-state index contributed by atoms with van der Waals surface area (Å²) in [5.74, 6) is 0. The number of aromatic nitrogens is 2. The number of nitrogens with zero attached hydrogens (tertiary/aromatic N) is 1. The van der Waals surface area contributed by atoms with Crippen LogP contribution in [0.5, 0.6) is 0 Å². The van der Waals surface area contributed by atoms with Crippen LogP contribution >= 0.6 is 0 Å². The van der Waals surface area contributed by atoms with Gasteiger partial charge in [0.1, 0.15) is 18.3 Å². The third kappa shape index (κ3) is 3.46. The lowest BCUT2D eigenvalue weighted by Crippen LogP contribution is -2.40. The molecule has 1 fully saturated rings. The molecule has 2 N–H and O–H groups in total. The van der Waals surface area contributed by atoms with E-state index in [2.05, 4.69) is 4.98 Å². The van der Waals surface area contributed by atoms with Gasteiger partial charge in [0.25, 0.3) is 5.56 Å². The van der Waals surface area contributed by atoms with Crippen molar-refractivity contribution < 1.29 is 19.3 Å². The van der Waals surface area contributed by atoms with E-state index in [0.717, 1.165) is 6.42 Å². The molecule has 0 bridgehead atoms. The average Bonchev–Trinajstić information content (AvgIpc) is 2.77. The average molecular weight is 314 g/mol. The highest BCUT2D eigenvalue weighted by Gasteiger charge is 2.46. The number of hydrogen-bond donors (Lipinski definition) is 2. The molecule has 0 saturated carbocycles. The molecule has 8 nitrogen and oxygen atoms in total. The minimum atomic E-state index is -0.933. The van der Waals surface area contributed by atoms with E-state index in [9.17, 15) is 14.7 Å². The number of aliphatic hydroxyl groups excluding tert-OH is 1. The van der Waals surface area contributed by atoms with Crippen molar-refractivity contribution in [3.63, 3.8) is 0 Å². The Morgan fingerprint density at radius 3 is 2.82 bits per heavy atom. The second-order valence-corrected chi connectivity index (χ2v) is 5.35. The van der Waals surface area contributed by atoms with Gasteiger partial charge < -0.3 is 19.3 Å². The molecule has 5 atom stereocenters.